The second-order valence-electron chi connectivity index (χ2n) is 6.27. The number of anilines is 1. The normalized spacial score (nSPS) is 22.9. The van der Waals surface area contributed by atoms with E-state index < -0.39 is 0 Å². The summed E-state index contributed by atoms with van der Waals surface area (Å²) < 4.78 is 1.82. The Kier molecular flexibility index (Phi) is 3.89. The molecule has 0 amide bonds. The van der Waals surface area contributed by atoms with Gasteiger partial charge < -0.3 is 5.32 Å². The largest absolute Gasteiger partial charge is 0.328 e. The lowest BCUT2D eigenvalue weighted by atomic mass is 9.81. The fourth-order valence-electron chi connectivity index (χ4n) is 3.43. The Morgan fingerprint density at radius 2 is 2.04 bits per heavy atom. The Hall–Kier alpha value is -1.79. The van der Waals surface area contributed by atoms with Gasteiger partial charge >= 0.3 is 0 Å². The summed E-state index contributed by atoms with van der Waals surface area (Å²) in [6.07, 6.45) is 3.37. The number of aromatic nitrogens is 3. The van der Waals surface area contributed by atoms with Crippen molar-refractivity contribution in [2.24, 2.45) is 5.92 Å². The van der Waals surface area contributed by atoms with E-state index in [9.17, 15) is 4.79 Å². The zero-order chi connectivity index (χ0) is 16.8. The lowest BCUT2D eigenvalue weighted by molar-refractivity contribution is -0.117. The van der Waals surface area contributed by atoms with Gasteiger partial charge in [0.1, 0.15) is 6.04 Å². The van der Waals surface area contributed by atoms with Crippen molar-refractivity contribution < 1.29 is 4.79 Å². The van der Waals surface area contributed by atoms with Gasteiger partial charge in [0.25, 0.3) is 0 Å². The summed E-state index contributed by atoms with van der Waals surface area (Å²) in [5.74, 6) is 1.21. The highest BCUT2D eigenvalue weighted by Crippen LogP contribution is 2.41. The Bertz CT molecular complexity index is 843. The minimum Gasteiger partial charge on any atom is -0.328 e. The lowest BCUT2D eigenvalue weighted by Crippen LogP contribution is -2.33. The van der Waals surface area contributed by atoms with Gasteiger partial charge in [-0.25, -0.2) is 4.68 Å². The summed E-state index contributed by atoms with van der Waals surface area (Å²) in [7, 11) is 0. The molecule has 0 saturated carbocycles. The monoisotopic (exact) mass is 360 g/mol. The number of halogens is 1. The van der Waals surface area contributed by atoms with Gasteiger partial charge in [-0.15, -0.1) is 5.10 Å². The number of fused-ring (bicyclic) bond motifs is 1. The molecule has 2 heterocycles. The number of nitrogens with zero attached hydrogens (tertiary/aromatic N) is 3. The summed E-state index contributed by atoms with van der Waals surface area (Å²) in [6.45, 7) is 2.10. The molecule has 1 aromatic heterocycles. The molecule has 124 valence electrons. The molecule has 4 rings (SSSR count). The number of Topliss-reactive ketones (excluding diaryl/α,β-unsaturated/α-hetero) is 1. The van der Waals surface area contributed by atoms with E-state index in [-0.39, 0.29) is 11.8 Å². The van der Waals surface area contributed by atoms with Gasteiger partial charge in [-0.05, 0) is 36.3 Å². The van der Waals surface area contributed by atoms with Crippen molar-refractivity contribution in [3.63, 3.8) is 0 Å². The SMILES string of the molecule is CSc1nc2n(n1)[C@@H](c1ccc(Cl)cc1)C1=C(C[C@@H](C)CC1=O)N2. The Morgan fingerprint density at radius 3 is 2.75 bits per heavy atom. The van der Waals surface area contributed by atoms with E-state index in [1.807, 2.05) is 35.2 Å². The van der Waals surface area contributed by atoms with E-state index in [0.29, 0.717) is 28.5 Å². The minimum absolute atomic E-state index is 0.183. The first-order valence-corrected chi connectivity index (χ1v) is 9.46. The summed E-state index contributed by atoms with van der Waals surface area (Å²) >= 11 is 7.52. The topological polar surface area (TPSA) is 59.8 Å². The Balaban J connectivity index is 1.90. The van der Waals surface area contributed by atoms with E-state index in [2.05, 4.69) is 22.3 Å². The van der Waals surface area contributed by atoms with Crippen molar-refractivity contribution in [3.8, 4) is 0 Å². The van der Waals surface area contributed by atoms with Crippen molar-refractivity contribution >= 4 is 35.1 Å². The van der Waals surface area contributed by atoms with Crippen LogP contribution >= 0.6 is 23.4 Å². The number of nitrogens with one attached hydrogen (secondary N) is 1. The molecule has 0 fully saturated rings. The van der Waals surface area contributed by atoms with Gasteiger partial charge in [-0.1, -0.05) is 42.4 Å². The van der Waals surface area contributed by atoms with E-state index in [1.165, 1.54) is 11.8 Å². The molecule has 1 aromatic carbocycles. The standard InChI is InChI=1S/C17H17ClN4OS/c1-9-7-12-14(13(23)8-9)15(10-3-5-11(18)6-4-10)22-16(19-12)20-17(21-22)24-2/h3-6,9,15H,7-8H2,1-2H3,(H,19,20,21)/t9-,15+/m1/s1. The van der Waals surface area contributed by atoms with E-state index in [4.69, 9.17) is 11.6 Å². The first kappa shape index (κ1) is 15.7. The van der Waals surface area contributed by atoms with Gasteiger partial charge in [0.2, 0.25) is 11.1 Å². The Labute approximate surface area is 149 Å². The van der Waals surface area contributed by atoms with Crippen LogP contribution in [-0.4, -0.2) is 26.8 Å². The molecule has 1 aliphatic heterocycles. The second-order valence-corrected chi connectivity index (χ2v) is 7.48. The van der Waals surface area contributed by atoms with Gasteiger partial charge in [-0.2, -0.15) is 4.98 Å². The summed E-state index contributed by atoms with van der Waals surface area (Å²) in [6, 6.07) is 7.36. The number of ketones is 1. The Morgan fingerprint density at radius 1 is 1.29 bits per heavy atom. The fourth-order valence-corrected chi connectivity index (χ4v) is 3.90. The van der Waals surface area contributed by atoms with Crippen LogP contribution in [0.4, 0.5) is 5.95 Å². The maximum Gasteiger partial charge on any atom is 0.227 e. The molecule has 1 N–H and O–H groups in total. The molecular formula is C17H17ClN4OS. The van der Waals surface area contributed by atoms with Gasteiger partial charge in [0, 0.05) is 22.7 Å². The number of carbonyl (C=O) groups excluding carboxylic acids is 1. The number of allylic oxidation sites excluding steroid dienone is 2. The van der Waals surface area contributed by atoms with E-state index in [1.54, 1.807) is 0 Å². The summed E-state index contributed by atoms with van der Waals surface area (Å²) in [4.78, 5) is 17.3. The molecule has 24 heavy (non-hydrogen) atoms. The third-order valence-corrected chi connectivity index (χ3v) is 5.26. The highest BCUT2D eigenvalue weighted by molar-refractivity contribution is 7.98. The number of thioether (sulfide) groups is 1. The lowest BCUT2D eigenvalue weighted by Gasteiger charge is -2.34. The number of benzene rings is 1. The van der Waals surface area contributed by atoms with Gasteiger partial charge in [-0.3, -0.25) is 4.79 Å². The molecule has 0 radical (unpaired) electrons. The van der Waals surface area contributed by atoms with Crippen LogP contribution in [0.25, 0.3) is 0 Å². The van der Waals surface area contributed by atoms with Crippen molar-refractivity contribution in [1.82, 2.24) is 14.8 Å². The van der Waals surface area contributed by atoms with Crippen LogP contribution in [0.2, 0.25) is 5.02 Å². The van der Waals surface area contributed by atoms with Gasteiger partial charge in [0.05, 0.1) is 0 Å². The van der Waals surface area contributed by atoms with Crippen molar-refractivity contribution in [2.45, 2.75) is 31.0 Å². The summed E-state index contributed by atoms with van der Waals surface area (Å²) in [5, 5.41) is 9.28. The molecule has 2 atom stereocenters. The zero-order valence-electron chi connectivity index (χ0n) is 13.4. The molecule has 2 aliphatic rings. The van der Waals surface area contributed by atoms with Crippen molar-refractivity contribution in [2.75, 3.05) is 11.6 Å². The third-order valence-electron chi connectivity index (χ3n) is 4.47. The molecule has 1 aliphatic carbocycles. The number of carbonyl (C=O) groups is 1. The summed E-state index contributed by atoms with van der Waals surface area (Å²) in [5.41, 5.74) is 2.78. The van der Waals surface area contributed by atoms with Crippen LogP contribution in [-0.2, 0) is 4.79 Å². The molecule has 2 aromatic rings. The van der Waals surface area contributed by atoms with Gasteiger partial charge in [0.15, 0.2) is 5.78 Å². The average molecular weight is 361 g/mol. The number of rotatable bonds is 2. The van der Waals surface area contributed by atoms with Crippen LogP contribution < -0.4 is 5.32 Å². The number of hydrogen-bond acceptors (Lipinski definition) is 5. The van der Waals surface area contributed by atoms with Crippen LogP contribution in [0.5, 0.6) is 0 Å². The first-order valence-electron chi connectivity index (χ1n) is 7.86. The maximum atomic E-state index is 12.8. The zero-order valence-corrected chi connectivity index (χ0v) is 15.0. The predicted octanol–water partition coefficient (Wildman–Crippen LogP) is 3.92. The smallest absolute Gasteiger partial charge is 0.227 e. The van der Waals surface area contributed by atoms with Crippen molar-refractivity contribution in [1.29, 1.82) is 0 Å². The number of hydrogen-bond donors (Lipinski definition) is 1. The predicted molar refractivity (Wildman–Crippen MR) is 95.4 cm³/mol. The van der Waals surface area contributed by atoms with Crippen LogP contribution in [0, 0.1) is 5.92 Å². The molecule has 5 nitrogen and oxygen atoms in total. The minimum atomic E-state index is -0.248. The third kappa shape index (κ3) is 2.54. The van der Waals surface area contributed by atoms with Crippen molar-refractivity contribution in [3.05, 3.63) is 46.1 Å². The molecule has 0 saturated heterocycles. The maximum absolute atomic E-state index is 12.8. The first-order chi connectivity index (χ1) is 11.6. The van der Waals surface area contributed by atoms with E-state index >= 15 is 0 Å². The van der Waals surface area contributed by atoms with Crippen LogP contribution in [0.1, 0.15) is 31.4 Å². The highest BCUT2D eigenvalue weighted by atomic mass is 35.5. The second kappa shape index (κ2) is 5.93. The van der Waals surface area contributed by atoms with Crippen LogP contribution in [0.3, 0.4) is 0 Å². The van der Waals surface area contributed by atoms with Crippen LogP contribution in [0.15, 0.2) is 40.7 Å². The molecule has 0 spiro atoms. The molecule has 7 heteroatoms. The molecule has 0 bridgehead atoms. The molecular weight excluding hydrogens is 344 g/mol. The quantitative estimate of drug-likeness (QED) is 0.822. The fraction of sp³-hybridized carbons (Fsp3) is 0.353. The van der Waals surface area contributed by atoms with E-state index in [0.717, 1.165) is 23.3 Å². The average Bonchev–Trinajstić information content (AvgIpc) is 2.96. The molecule has 0 unspecified atom stereocenters. The highest BCUT2D eigenvalue weighted by Gasteiger charge is 2.38.